The van der Waals surface area contributed by atoms with Crippen molar-refractivity contribution in [1.82, 2.24) is 4.98 Å². The lowest BCUT2D eigenvalue weighted by Crippen LogP contribution is -2.11. The zero-order valence-electron chi connectivity index (χ0n) is 5.77. The lowest BCUT2D eigenvalue weighted by Gasteiger charge is -2.04. The summed E-state index contributed by atoms with van der Waals surface area (Å²) in [6, 6.07) is 1.01. The molecule has 66 valence electrons. The number of hydrogen-bond donors (Lipinski definition) is 2. The van der Waals surface area contributed by atoms with Crippen LogP contribution in [0.1, 0.15) is 12.0 Å². The van der Waals surface area contributed by atoms with Gasteiger partial charge in [-0.25, -0.2) is 8.78 Å². The maximum atomic E-state index is 12.2. The third-order valence-electron chi connectivity index (χ3n) is 1.28. The molecule has 6 heteroatoms. The van der Waals surface area contributed by atoms with Gasteiger partial charge in [-0.3, -0.25) is 4.79 Å². The third kappa shape index (κ3) is 1.63. The van der Waals surface area contributed by atoms with E-state index in [1.165, 1.54) is 0 Å². The Morgan fingerprint density at radius 3 is 2.58 bits per heavy atom. The van der Waals surface area contributed by atoms with Crippen LogP contribution >= 0.6 is 15.9 Å². The Bertz CT molecular complexity index is 324. The summed E-state index contributed by atoms with van der Waals surface area (Å²) >= 11 is 2.82. The molecule has 0 aliphatic rings. The molecule has 0 unspecified atom stereocenters. The van der Waals surface area contributed by atoms with Crippen LogP contribution < -0.4 is 11.3 Å². The zero-order valence-corrected chi connectivity index (χ0v) is 7.36. The topological polar surface area (TPSA) is 58.9 Å². The number of hydrogen-bond acceptors (Lipinski definition) is 2. The number of aromatic amines is 1. The van der Waals surface area contributed by atoms with Crippen LogP contribution in [0.5, 0.6) is 0 Å². The zero-order chi connectivity index (χ0) is 9.30. The van der Waals surface area contributed by atoms with Crippen molar-refractivity contribution in [3.05, 3.63) is 26.5 Å². The van der Waals surface area contributed by atoms with Gasteiger partial charge >= 0.3 is 0 Å². The average Bonchev–Trinajstić information content (AvgIpc) is 1.82. The highest BCUT2D eigenvalue weighted by atomic mass is 79.9. The molecular weight excluding hydrogens is 234 g/mol. The summed E-state index contributed by atoms with van der Waals surface area (Å²) in [4.78, 5) is 12.7. The maximum Gasteiger partial charge on any atom is 0.268 e. The van der Waals surface area contributed by atoms with E-state index in [1.807, 2.05) is 0 Å². The third-order valence-corrected chi connectivity index (χ3v) is 1.94. The molecule has 0 amide bonds. The van der Waals surface area contributed by atoms with E-state index in [0.717, 1.165) is 6.07 Å². The van der Waals surface area contributed by atoms with Gasteiger partial charge in [-0.05, 0) is 15.9 Å². The molecule has 0 bridgehead atoms. The smallest absolute Gasteiger partial charge is 0.268 e. The predicted octanol–water partition coefficient (Wildman–Crippen LogP) is 1.66. The maximum absolute atomic E-state index is 12.2. The summed E-state index contributed by atoms with van der Waals surface area (Å²) in [5.41, 5.74) is 4.27. The molecule has 3 nitrogen and oxygen atoms in total. The van der Waals surface area contributed by atoms with Crippen molar-refractivity contribution in [2.24, 2.45) is 0 Å². The Morgan fingerprint density at radius 1 is 1.58 bits per heavy atom. The van der Waals surface area contributed by atoms with Crippen LogP contribution in [0.25, 0.3) is 0 Å². The minimum atomic E-state index is -2.70. The first-order valence-electron chi connectivity index (χ1n) is 2.98. The quantitative estimate of drug-likeness (QED) is 0.782. The van der Waals surface area contributed by atoms with Gasteiger partial charge in [0.25, 0.3) is 12.0 Å². The second kappa shape index (κ2) is 3.22. The number of anilines is 1. The van der Waals surface area contributed by atoms with E-state index < -0.39 is 12.0 Å². The van der Waals surface area contributed by atoms with Gasteiger partial charge in [0.05, 0.1) is 5.56 Å². The average molecular weight is 239 g/mol. The van der Waals surface area contributed by atoms with Gasteiger partial charge < -0.3 is 10.7 Å². The Kier molecular flexibility index (Phi) is 2.46. The van der Waals surface area contributed by atoms with E-state index in [-0.39, 0.29) is 15.9 Å². The van der Waals surface area contributed by atoms with Crippen LogP contribution in [0.15, 0.2) is 15.3 Å². The van der Waals surface area contributed by atoms with Crippen LogP contribution in [0, 0.1) is 0 Å². The van der Waals surface area contributed by atoms with Crippen molar-refractivity contribution < 1.29 is 8.78 Å². The number of nitrogen functional groups attached to an aromatic ring is 1. The van der Waals surface area contributed by atoms with Crippen LogP contribution in [0.4, 0.5) is 14.6 Å². The highest BCUT2D eigenvalue weighted by molar-refractivity contribution is 9.10. The van der Waals surface area contributed by atoms with Crippen molar-refractivity contribution >= 4 is 21.7 Å². The number of rotatable bonds is 1. The fourth-order valence-corrected chi connectivity index (χ4v) is 1.37. The number of H-pyrrole nitrogens is 1. The number of halogens is 3. The molecule has 0 saturated heterocycles. The highest BCUT2D eigenvalue weighted by Gasteiger charge is 2.16. The molecule has 0 aromatic carbocycles. The van der Waals surface area contributed by atoms with Gasteiger partial charge in [-0.15, -0.1) is 0 Å². The molecule has 0 saturated carbocycles. The lowest BCUT2D eigenvalue weighted by atomic mass is 10.3. The molecule has 0 aliphatic heterocycles. The highest BCUT2D eigenvalue weighted by Crippen LogP contribution is 2.29. The summed E-state index contributed by atoms with van der Waals surface area (Å²) in [6.45, 7) is 0. The minimum absolute atomic E-state index is 0.0266. The lowest BCUT2D eigenvalue weighted by molar-refractivity contribution is 0.151. The van der Waals surface area contributed by atoms with Crippen molar-refractivity contribution in [2.75, 3.05) is 5.73 Å². The van der Waals surface area contributed by atoms with Gasteiger partial charge in [0.15, 0.2) is 0 Å². The van der Waals surface area contributed by atoms with E-state index in [2.05, 4.69) is 20.9 Å². The van der Waals surface area contributed by atoms with Crippen LogP contribution in [-0.2, 0) is 0 Å². The number of nitrogens with two attached hydrogens (primary N) is 1. The number of nitrogens with one attached hydrogen (secondary N) is 1. The molecule has 1 aromatic heterocycles. The van der Waals surface area contributed by atoms with Crippen LogP contribution in [0.2, 0.25) is 0 Å². The van der Waals surface area contributed by atoms with E-state index in [0.29, 0.717) is 0 Å². The standard InChI is InChI=1S/C6H5BrF2N2O/c7-2-1-3(12)11-6(10)4(2)5(8)9/h1,5H,(H3,10,11,12). The monoisotopic (exact) mass is 238 g/mol. The van der Waals surface area contributed by atoms with Crippen molar-refractivity contribution in [1.29, 1.82) is 0 Å². The summed E-state index contributed by atoms with van der Waals surface area (Å²) < 4.78 is 24.4. The fourth-order valence-electron chi connectivity index (χ4n) is 0.779. The Hall–Kier alpha value is -0.910. The SMILES string of the molecule is Nc1[nH]c(=O)cc(Br)c1C(F)F. The summed E-state index contributed by atoms with van der Waals surface area (Å²) in [5, 5.41) is 0. The molecule has 1 rings (SSSR count). The van der Waals surface area contributed by atoms with E-state index >= 15 is 0 Å². The van der Waals surface area contributed by atoms with Crippen LogP contribution in [0.3, 0.4) is 0 Å². The molecular formula is C6H5BrF2N2O. The molecule has 12 heavy (non-hydrogen) atoms. The minimum Gasteiger partial charge on any atom is -0.385 e. The Labute approximate surface area is 74.7 Å². The molecule has 0 fully saturated rings. The fraction of sp³-hybridized carbons (Fsp3) is 0.167. The summed E-state index contributed by atoms with van der Waals surface area (Å²) in [7, 11) is 0. The second-order valence-corrected chi connectivity index (χ2v) is 2.96. The summed E-state index contributed by atoms with van der Waals surface area (Å²) in [5.74, 6) is -0.302. The molecule has 0 spiro atoms. The molecule has 1 heterocycles. The predicted molar refractivity (Wildman–Crippen MR) is 44.1 cm³/mol. The number of pyridine rings is 1. The molecule has 0 aliphatic carbocycles. The largest absolute Gasteiger partial charge is 0.385 e. The van der Waals surface area contributed by atoms with Crippen LogP contribution in [-0.4, -0.2) is 4.98 Å². The van der Waals surface area contributed by atoms with Gasteiger partial charge in [-0.1, -0.05) is 0 Å². The number of aromatic nitrogens is 1. The Balaban J connectivity index is 3.38. The van der Waals surface area contributed by atoms with Gasteiger partial charge in [0.1, 0.15) is 5.82 Å². The summed E-state index contributed by atoms with van der Waals surface area (Å²) in [6.07, 6.45) is -2.70. The first kappa shape index (κ1) is 9.18. The molecule has 1 aromatic rings. The van der Waals surface area contributed by atoms with Crippen molar-refractivity contribution in [3.63, 3.8) is 0 Å². The Morgan fingerprint density at radius 2 is 2.17 bits per heavy atom. The van der Waals surface area contributed by atoms with Gasteiger partial charge in [-0.2, -0.15) is 0 Å². The van der Waals surface area contributed by atoms with Gasteiger partial charge in [0, 0.05) is 10.5 Å². The van der Waals surface area contributed by atoms with E-state index in [1.54, 1.807) is 0 Å². The normalized spacial score (nSPS) is 10.7. The first-order chi connectivity index (χ1) is 5.52. The second-order valence-electron chi connectivity index (χ2n) is 2.11. The van der Waals surface area contributed by atoms with Crippen molar-refractivity contribution in [2.45, 2.75) is 6.43 Å². The number of alkyl halides is 2. The van der Waals surface area contributed by atoms with Gasteiger partial charge in [0.2, 0.25) is 0 Å². The molecule has 0 radical (unpaired) electrons. The van der Waals surface area contributed by atoms with E-state index in [4.69, 9.17) is 5.73 Å². The molecule has 0 atom stereocenters. The first-order valence-corrected chi connectivity index (χ1v) is 3.78. The van der Waals surface area contributed by atoms with E-state index in [9.17, 15) is 13.6 Å². The molecule has 3 N–H and O–H groups in total. The van der Waals surface area contributed by atoms with Crippen molar-refractivity contribution in [3.8, 4) is 0 Å².